The van der Waals surface area contributed by atoms with Gasteiger partial charge in [-0.1, -0.05) is 6.07 Å². The Morgan fingerprint density at radius 3 is 2.50 bits per heavy atom. The highest BCUT2D eigenvalue weighted by Gasteiger charge is 2.13. The number of carbonyl (C=O) groups excluding carboxylic acids is 1. The number of halogens is 2. The zero-order valence-electron chi connectivity index (χ0n) is 10.6. The highest BCUT2D eigenvalue weighted by atomic mass is 79.9. The maximum atomic E-state index is 11.5. The van der Waals surface area contributed by atoms with Gasteiger partial charge in [-0.3, -0.25) is 4.79 Å². The van der Waals surface area contributed by atoms with Crippen molar-refractivity contribution in [2.45, 2.75) is 25.9 Å². The minimum atomic E-state index is -0.501. The summed E-state index contributed by atoms with van der Waals surface area (Å²) in [5.74, 6) is 0.601. The maximum absolute atomic E-state index is 11.5. The van der Waals surface area contributed by atoms with E-state index in [9.17, 15) is 4.79 Å². The quantitative estimate of drug-likeness (QED) is 0.887. The van der Waals surface area contributed by atoms with Gasteiger partial charge in [-0.05, 0) is 47.5 Å². The van der Waals surface area contributed by atoms with Crippen LogP contribution in [0.15, 0.2) is 22.7 Å². The Morgan fingerprint density at radius 1 is 1.44 bits per heavy atom. The van der Waals surface area contributed by atoms with Gasteiger partial charge in [0.2, 0.25) is 5.91 Å². The molecule has 0 saturated heterocycles. The highest BCUT2D eigenvalue weighted by molar-refractivity contribution is 9.10. The molecule has 0 aliphatic rings. The van der Waals surface area contributed by atoms with Gasteiger partial charge < -0.3 is 15.8 Å². The lowest BCUT2D eigenvalue weighted by Crippen LogP contribution is -2.39. The lowest BCUT2D eigenvalue weighted by molar-refractivity contribution is -0.122. The van der Waals surface area contributed by atoms with Gasteiger partial charge in [0.1, 0.15) is 5.75 Å². The Kier molecular flexibility index (Phi) is 7.28. The van der Waals surface area contributed by atoms with Crippen LogP contribution in [0.5, 0.6) is 5.75 Å². The van der Waals surface area contributed by atoms with E-state index in [-0.39, 0.29) is 24.4 Å². The second-order valence-electron chi connectivity index (χ2n) is 3.91. The summed E-state index contributed by atoms with van der Waals surface area (Å²) in [4.78, 5) is 11.5. The number of methoxy groups -OCH3 is 1. The fourth-order valence-electron chi connectivity index (χ4n) is 1.38. The van der Waals surface area contributed by atoms with E-state index in [0.29, 0.717) is 0 Å². The number of benzene rings is 1. The monoisotopic (exact) mass is 336 g/mol. The lowest BCUT2D eigenvalue weighted by atomic mass is 10.1. The number of amides is 1. The highest BCUT2D eigenvalue weighted by Crippen LogP contribution is 2.27. The average Bonchev–Trinajstić information content (AvgIpc) is 2.28. The second kappa shape index (κ2) is 7.61. The molecule has 2 atom stereocenters. The lowest BCUT2D eigenvalue weighted by Gasteiger charge is -2.17. The summed E-state index contributed by atoms with van der Waals surface area (Å²) in [6, 6.07) is 5.10. The first-order chi connectivity index (χ1) is 7.95. The van der Waals surface area contributed by atoms with Crippen molar-refractivity contribution in [1.29, 1.82) is 0 Å². The molecule has 0 aliphatic heterocycles. The van der Waals surface area contributed by atoms with E-state index in [2.05, 4.69) is 21.2 Å². The molecule has 1 amide bonds. The first kappa shape index (κ1) is 17.2. The third-order valence-electron chi connectivity index (χ3n) is 2.45. The Labute approximate surface area is 122 Å². The van der Waals surface area contributed by atoms with Gasteiger partial charge in [0.25, 0.3) is 0 Å². The Bertz CT molecular complexity index is 413. The van der Waals surface area contributed by atoms with Gasteiger partial charge in [0, 0.05) is 0 Å². The van der Waals surface area contributed by atoms with Crippen LogP contribution in [0, 0.1) is 0 Å². The Balaban J connectivity index is 0.00000289. The predicted octanol–water partition coefficient (Wildman–Crippen LogP) is 2.40. The standard InChI is InChI=1S/C12H17BrN2O2.ClH/c1-7(14)12(16)15-8(2)9-4-5-11(17-3)10(13)6-9;/h4-8H,14H2,1-3H3,(H,15,16);1H/t7-,8?;/m0./s1. The molecule has 0 saturated carbocycles. The Morgan fingerprint density at radius 2 is 2.06 bits per heavy atom. The minimum absolute atomic E-state index is 0. The number of hydrogen-bond acceptors (Lipinski definition) is 3. The molecule has 1 aromatic carbocycles. The maximum Gasteiger partial charge on any atom is 0.237 e. The molecular weight excluding hydrogens is 320 g/mol. The van der Waals surface area contributed by atoms with E-state index >= 15 is 0 Å². The third kappa shape index (κ3) is 4.48. The molecule has 102 valence electrons. The zero-order chi connectivity index (χ0) is 13.0. The van der Waals surface area contributed by atoms with E-state index in [1.54, 1.807) is 14.0 Å². The molecule has 0 heterocycles. The normalized spacial score (nSPS) is 13.2. The van der Waals surface area contributed by atoms with E-state index in [1.807, 2.05) is 25.1 Å². The van der Waals surface area contributed by atoms with Crippen LogP contribution in [0.25, 0.3) is 0 Å². The van der Waals surface area contributed by atoms with Crippen molar-refractivity contribution in [1.82, 2.24) is 5.32 Å². The number of ether oxygens (including phenoxy) is 1. The molecule has 18 heavy (non-hydrogen) atoms. The van der Waals surface area contributed by atoms with Gasteiger partial charge in [0.05, 0.1) is 23.7 Å². The van der Waals surface area contributed by atoms with Crippen LogP contribution in [0.1, 0.15) is 25.5 Å². The first-order valence-electron chi connectivity index (χ1n) is 5.35. The summed E-state index contributed by atoms with van der Waals surface area (Å²) in [7, 11) is 1.61. The molecule has 0 spiro atoms. The summed E-state index contributed by atoms with van der Waals surface area (Å²) >= 11 is 3.41. The SMILES string of the molecule is COc1ccc(C(C)NC(=O)[C@H](C)N)cc1Br.Cl. The second-order valence-corrected chi connectivity index (χ2v) is 4.77. The van der Waals surface area contributed by atoms with Crippen LogP contribution in [-0.4, -0.2) is 19.1 Å². The summed E-state index contributed by atoms with van der Waals surface area (Å²) in [5, 5.41) is 2.83. The molecule has 0 aromatic heterocycles. The van der Waals surface area contributed by atoms with Crippen molar-refractivity contribution in [2.24, 2.45) is 5.73 Å². The summed E-state index contributed by atoms with van der Waals surface area (Å²) in [6.45, 7) is 3.57. The molecule has 1 unspecified atom stereocenters. The van der Waals surface area contributed by atoms with E-state index in [4.69, 9.17) is 10.5 Å². The molecule has 0 fully saturated rings. The number of nitrogens with two attached hydrogens (primary N) is 1. The van der Waals surface area contributed by atoms with E-state index in [1.165, 1.54) is 0 Å². The van der Waals surface area contributed by atoms with Crippen molar-refractivity contribution in [2.75, 3.05) is 7.11 Å². The fraction of sp³-hybridized carbons (Fsp3) is 0.417. The van der Waals surface area contributed by atoms with Crippen molar-refractivity contribution in [3.63, 3.8) is 0 Å². The fourth-order valence-corrected chi connectivity index (χ4v) is 1.94. The molecule has 1 rings (SSSR count). The average molecular weight is 338 g/mol. The molecule has 4 nitrogen and oxygen atoms in total. The van der Waals surface area contributed by atoms with Gasteiger partial charge in [-0.2, -0.15) is 0 Å². The van der Waals surface area contributed by atoms with Crippen molar-refractivity contribution < 1.29 is 9.53 Å². The first-order valence-corrected chi connectivity index (χ1v) is 6.14. The van der Waals surface area contributed by atoms with Gasteiger partial charge in [-0.25, -0.2) is 0 Å². The van der Waals surface area contributed by atoms with Crippen LogP contribution in [0.3, 0.4) is 0 Å². The van der Waals surface area contributed by atoms with Crippen molar-refractivity contribution in [3.8, 4) is 5.75 Å². The molecule has 0 aliphatic carbocycles. The van der Waals surface area contributed by atoms with E-state index < -0.39 is 6.04 Å². The summed E-state index contributed by atoms with van der Waals surface area (Å²) in [6.07, 6.45) is 0. The molecule has 1 aromatic rings. The topological polar surface area (TPSA) is 64.3 Å². The summed E-state index contributed by atoms with van der Waals surface area (Å²) in [5.41, 5.74) is 6.49. The van der Waals surface area contributed by atoms with Crippen LogP contribution in [0.2, 0.25) is 0 Å². The zero-order valence-corrected chi connectivity index (χ0v) is 13.0. The smallest absolute Gasteiger partial charge is 0.237 e. The molecule has 3 N–H and O–H groups in total. The summed E-state index contributed by atoms with van der Waals surface area (Å²) < 4.78 is 6.01. The van der Waals surface area contributed by atoms with Gasteiger partial charge >= 0.3 is 0 Å². The number of carbonyl (C=O) groups is 1. The molecular formula is C12H18BrClN2O2. The number of hydrogen-bond donors (Lipinski definition) is 2. The van der Waals surface area contributed by atoms with Gasteiger partial charge in [0.15, 0.2) is 0 Å². The van der Waals surface area contributed by atoms with Crippen molar-refractivity contribution in [3.05, 3.63) is 28.2 Å². The molecule has 6 heteroatoms. The van der Waals surface area contributed by atoms with Crippen LogP contribution >= 0.6 is 28.3 Å². The third-order valence-corrected chi connectivity index (χ3v) is 3.07. The Hall–Kier alpha value is -0.780. The molecule has 0 bridgehead atoms. The van der Waals surface area contributed by atoms with E-state index in [0.717, 1.165) is 15.8 Å². The number of nitrogens with one attached hydrogen (secondary N) is 1. The van der Waals surface area contributed by atoms with Crippen LogP contribution in [-0.2, 0) is 4.79 Å². The van der Waals surface area contributed by atoms with Crippen molar-refractivity contribution >= 4 is 34.2 Å². The number of rotatable bonds is 4. The van der Waals surface area contributed by atoms with Gasteiger partial charge in [-0.15, -0.1) is 12.4 Å². The van der Waals surface area contributed by atoms with Crippen LogP contribution in [0.4, 0.5) is 0 Å². The predicted molar refractivity (Wildman–Crippen MR) is 78.1 cm³/mol. The van der Waals surface area contributed by atoms with Crippen LogP contribution < -0.4 is 15.8 Å². The minimum Gasteiger partial charge on any atom is -0.496 e. The molecule has 0 radical (unpaired) electrons. The largest absolute Gasteiger partial charge is 0.496 e.